The lowest BCUT2D eigenvalue weighted by Gasteiger charge is -2.27. The number of hydrogen-bond donors (Lipinski definition) is 1. The molecule has 1 amide bonds. The number of nitrogens with one attached hydrogen (secondary N) is 1. The van der Waals surface area contributed by atoms with Crippen LogP contribution in [0.25, 0.3) is 22.1 Å². The molecule has 7 nitrogen and oxygen atoms in total. The number of rotatable bonds is 5. The van der Waals surface area contributed by atoms with Gasteiger partial charge in [0.25, 0.3) is 5.56 Å². The number of nitrogens with zero attached hydrogens (tertiary/aromatic N) is 3. The van der Waals surface area contributed by atoms with Crippen molar-refractivity contribution in [1.29, 1.82) is 0 Å². The normalized spacial score (nSPS) is 14.8. The SMILES string of the molecule is O=C(Cn1cnc2c(oc3ccccc32)c1=O)Nc1ccccc1CN1CCSCC1. The van der Waals surface area contributed by atoms with Crippen LogP contribution in [0.3, 0.4) is 0 Å². The van der Waals surface area contributed by atoms with E-state index in [1.807, 2.05) is 54.2 Å². The number of hydrogen-bond acceptors (Lipinski definition) is 6. The molecule has 2 aromatic heterocycles. The fraction of sp³-hybridized carbons (Fsp3) is 0.261. The van der Waals surface area contributed by atoms with Gasteiger partial charge in [0.2, 0.25) is 11.5 Å². The van der Waals surface area contributed by atoms with Crippen LogP contribution in [0.4, 0.5) is 5.69 Å². The third kappa shape index (κ3) is 4.08. The summed E-state index contributed by atoms with van der Waals surface area (Å²) < 4.78 is 6.97. The van der Waals surface area contributed by atoms with Crippen molar-refractivity contribution in [3.05, 3.63) is 70.8 Å². The standard InChI is InChI=1S/C23H22N4O3S/c28-20(25-18-7-3-1-5-16(18)13-26-9-11-31-12-10-26)14-27-15-24-21-17-6-2-4-8-19(17)30-22(21)23(27)29/h1-8,15H,9-14H2,(H,25,28). The molecule has 4 aromatic rings. The molecule has 0 atom stereocenters. The van der Waals surface area contributed by atoms with E-state index in [1.54, 1.807) is 6.07 Å². The van der Waals surface area contributed by atoms with Crippen molar-refractivity contribution >= 4 is 45.4 Å². The number of furan rings is 1. The van der Waals surface area contributed by atoms with Gasteiger partial charge in [-0.25, -0.2) is 4.98 Å². The summed E-state index contributed by atoms with van der Waals surface area (Å²) in [6.45, 7) is 2.76. The molecule has 1 saturated heterocycles. The third-order valence-corrected chi connectivity index (χ3v) is 6.40. The molecule has 1 aliphatic rings. The Labute approximate surface area is 183 Å². The summed E-state index contributed by atoms with van der Waals surface area (Å²) in [5.41, 5.74) is 2.77. The van der Waals surface area contributed by atoms with Crippen molar-refractivity contribution in [2.24, 2.45) is 0 Å². The van der Waals surface area contributed by atoms with Gasteiger partial charge in [-0.1, -0.05) is 30.3 Å². The van der Waals surface area contributed by atoms with Gasteiger partial charge in [0.15, 0.2) is 0 Å². The Morgan fingerprint density at radius 3 is 2.74 bits per heavy atom. The van der Waals surface area contributed by atoms with E-state index in [0.717, 1.165) is 47.8 Å². The molecule has 3 heterocycles. The van der Waals surface area contributed by atoms with Crippen LogP contribution in [0.2, 0.25) is 0 Å². The minimum absolute atomic E-state index is 0.131. The average Bonchev–Trinajstić information content (AvgIpc) is 3.17. The molecular weight excluding hydrogens is 412 g/mol. The summed E-state index contributed by atoms with van der Waals surface area (Å²) >= 11 is 1.97. The first-order valence-electron chi connectivity index (χ1n) is 10.2. The molecule has 1 aliphatic heterocycles. The largest absolute Gasteiger partial charge is 0.448 e. The van der Waals surface area contributed by atoms with Gasteiger partial charge < -0.3 is 9.73 Å². The molecule has 0 radical (unpaired) electrons. The Balaban J connectivity index is 1.35. The molecule has 0 aliphatic carbocycles. The average molecular weight is 435 g/mol. The fourth-order valence-corrected chi connectivity index (χ4v) is 4.83. The molecule has 2 aromatic carbocycles. The van der Waals surface area contributed by atoms with Crippen molar-refractivity contribution < 1.29 is 9.21 Å². The number of fused-ring (bicyclic) bond motifs is 3. The second kappa shape index (κ2) is 8.56. The molecule has 8 heteroatoms. The van der Waals surface area contributed by atoms with Crippen LogP contribution in [0, 0.1) is 0 Å². The van der Waals surface area contributed by atoms with Gasteiger partial charge in [0.05, 0.1) is 6.33 Å². The van der Waals surface area contributed by atoms with Gasteiger partial charge in [-0.3, -0.25) is 19.1 Å². The predicted molar refractivity (Wildman–Crippen MR) is 123 cm³/mol. The molecule has 158 valence electrons. The van der Waals surface area contributed by atoms with Crippen molar-refractivity contribution in [3.63, 3.8) is 0 Å². The quantitative estimate of drug-likeness (QED) is 0.519. The van der Waals surface area contributed by atoms with Gasteiger partial charge in [-0.2, -0.15) is 11.8 Å². The molecule has 0 spiro atoms. The number of aromatic nitrogens is 2. The molecule has 1 N–H and O–H groups in total. The maximum absolute atomic E-state index is 12.9. The maximum Gasteiger partial charge on any atom is 0.297 e. The highest BCUT2D eigenvalue weighted by Gasteiger charge is 2.16. The molecule has 31 heavy (non-hydrogen) atoms. The summed E-state index contributed by atoms with van der Waals surface area (Å²) in [4.78, 5) is 32.4. The molecule has 5 rings (SSSR count). The van der Waals surface area contributed by atoms with Crippen LogP contribution < -0.4 is 10.9 Å². The molecule has 0 unspecified atom stereocenters. The molecular formula is C23H22N4O3S. The van der Waals surface area contributed by atoms with E-state index < -0.39 is 0 Å². The molecule has 0 bridgehead atoms. The zero-order chi connectivity index (χ0) is 21.2. The van der Waals surface area contributed by atoms with Gasteiger partial charge in [-0.15, -0.1) is 0 Å². The summed E-state index contributed by atoms with van der Waals surface area (Å²) in [5, 5.41) is 3.75. The summed E-state index contributed by atoms with van der Waals surface area (Å²) in [6, 6.07) is 15.2. The first kappa shape index (κ1) is 19.8. The lowest BCUT2D eigenvalue weighted by atomic mass is 10.1. The highest BCUT2D eigenvalue weighted by atomic mass is 32.2. The van der Waals surface area contributed by atoms with Gasteiger partial charge in [0.1, 0.15) is 17.6 Å². The van der Waals surface area contributed by atoms with Gasteiger partial charge >= 0.3 is 0 Å². The van der Waals surface area contributed by atoms with E-state index in [9.17, 15) is 9.59 Å². The van der Waals surface area contributed by atoms with Crippen molar-refractivity contribution in [3.8, 4) is 0 Å². The molecule has 1 fully saturated rings. The van der Waals surface area contributed by atoms with Crippen LogP contribution in [-0.4, -0.2) is 45.0 Å². The highest BCUT2D eigenvalue weighted by molar-refractivity contribution is 7.99. The van der Waals surface area contributed by atoms with Gasteiger partial charge in [0, 0.05) is 42.2 Å². The Bertz CT molecular complexity index is 1310. The number of amides is 1. The first-order chi connectivity index (χ1) is 15.2. The van der Waals surface area contributed by atoms with E-state index in [-0.39, 0.29) is 23.6 Å². The molecule has 0 saturated carbocycles. The lowest BCUT2D eigenvalue weighted by molar-refractivity contribution is -0.116. The van der Waals surface area contributed by atoms with Crippen LogP contribution in [-0.2, 0) is 17.9 Å². The van der Waals surface area contributed by atoms with Crippen LogP contribution in [0.5, 0.6) is 0 Å². The highest BCUT2D eigenvalue weighted by Crippen LogP contribution is 2.24. The Morgan fingerprint density at radius 1 is 1.10 bits per heavy atom. The van der Waals surface area contributed by atoms with E-state index in [0.29, 0.717) is 11.1 Å². The Morgan fingerprint density at radius 2 is 1.87 bits per heavy atom. The Hall–Kier alpha value is -3.10. The number of carbonyl (C=O) groups excluding carboxylic acids is 1. The third-order valence-electron chi connectivity index (χ3n) is 5.45. The number of benzene rings is 2. The van der Waals surface area contributed by atoms with Crippen LogP contribution >= 0.6 is 11.8 Å². The minimum Gasteiger partial charge on any atom is -0.448 e. The van der Waals surface area contributed by atoms with E-state index in [2.05, 4.69) is 15.2 Å². The smallest absolute Gasteiger partial charge is 0.297 e. The zero-order valence-electron chi connectivity index (χ0n) is 16.9. The van der Waals surface area contributed by atoms with Gasteiger partial charge in [-0.05, 0) is 23.8 Å². The first-order valence-corrected chi connectivity index (χ1v) is 11.4. The maximum atomic E-state index is 12.9. The van der Waals surface area contributed by atoms with E-state index in [4.69, 9.17) is 4.42 Å². The zero-order valence-corrected chi connectivity index (χ0v) is 17.7. The lowest BCUT2D eigenvalue weighted by Crippen LogP contribution is -2.32. The summed E-state index contributed by atoms with van der Waals surface area (Å²) in [6.07, 6.45) is 1.41. The second-order valence-electron chi connectivity index (χ2n) is 7.55. The van der Waals surface area contributed by atoms with Crippen molar-refractivity contribution in [2.75, 3.05) is 29.9 Å². The number of anilines is 1. The monoisotopic (exact) mass is 434 g/mol. The predicted octanol–water partition coefficient (Wildman–Crippen LogP) is 3.33. The van der Waals surface area contributed by atoms with E-state index in [1.165, 1.54) is 10.9 Å². The number of para-hydroxylation sites is 2. The fourth-order valence-electron chi connectivity index (χ4n) is 3.85. The summed E-state index contributed by atoms with van der Waals surface area (Å²) in [5.74, 6) is 1.99. The topological polar surface area (TPSA) is 80.4 Å². The van der Waals surface area contributed by atoms with Crippen LogP contribution in [0.1, 0.15) is 5.56 Å². The summed E-state index contributed by atoms with van der Waals surface area (Å²) in [7, 11) is 0. The van der Waals surface area contributed by atoms with E-state index >= 15 is 0 Å². The second-order valence-corrected chi connectivity index (χ2v) is 8.77. The van der Waals surface area contributed by atoms with Crippen LogP contribution in [0.15, 0.2) is 64.1 Å². The van der Waals surface area contributed by atoms with Crippen molar-refractivity contribution in [2.45, 2.75) is 13.1 Å². The van der Waals surface area contributed by atoms with Crippen molar-refractivity contribution in [1.82, 2.24) is 14.5 Å². The number of thioether (sulfide) groups is 1. The minimum atomic E-state index is -0.365. The Kier molecular flexibility index (Phi) is 5.48. The number of carbonyl (C=O) groups is 1.